The minimum absolute atomic E-state index is 0.134. The molecule has 0 aromatic heterocycles. The lowest BCUT2D eigenvalue weighted by Crippen LogP contribution is -2.69. The Morgan fingerprint density at radius 3 is 2.69 bits per heavy atom. The van der Waals surface area contributed by atoms with Gasteiger partial charge in [-0.3, -0.25) is 4.79 Å². The predicted molar refractivity (Wildman–Crippen MR) is 116 cm³/mol. The van der Waals surface area contributed by atoms with E-state index in [1.165, 1.54) is 18.1 Å². The van der Waals surface area contributed by atoms with Crippen LogP contribution in [0.15, 0.2) is 42.5 Å². The molecule has 2 aliphatic rings. The molecular formula is C23H26N2O3S. The number of rotatable bonds is 2. The molecule has 2 aromatic carbocycles. The van der Waals surface area contributed by atoms with E-state index in [4.69, 9.17) is 21.7 Å². The maximum absolute atomic E-state index is 11.4. The first-order chi connectivity index (χ1) is 13.6. The van der Waals surface area contributed by atoms with Gasteiger partial charge in [0.1, 0.15) is 11.5 Å². The Morgan fingerprint density at radius 2 is 2.00 bits per heavy atom. The molecule has 2 unspecified atom stereocenters. The zero-order valence-corrected chi connectivity index (χ0v) is 18.0. The van der Waals surface area contributed by atoms with Gasteiger partial charge in [0, 0.05) is 42.9 Å². The van der Waals surface area contributed by atoms with Crippen LogP contribution >= 0.6 is 12.2 Å². The number of hydrogen-bond acceptors (Lipinski definition) is 4. The van der Waals surface area contributed by atoms with Gasteiger partial charge in [0.05, 0.1) is 0 Å². The van der Waals surface area contributed by atoms with Crippen LogP contribution in [-0.4, -0.2) is 22.3 Å². The van der Waals surface area contributed by atoms with Crippen LogP contribution in [0.3, 0.4) is 0 Å². The summed E-state index contributed by atoms with van der Waals surface area (Å²) in [6.45, 7) is 7.74. The van der Waals surface area contributed by atoms with Crippen molar-refractivity contribution < 1.29 is 14.3 Å². The number of hydrogen-bond donors (Lipinski definition) is 2. The first-order valence-electron chi connectivity index (χ1n) is 9.83. The van der Waals surface area contributed by atoms with Gasteiger partial charge >= 0.3 is 5.97 Å². The second-order valence-electron chi connectivity index (χ2n) is 8.70. The zero-order chi connectivity index (χ0) is 20.8. The average Bonchev–Trinajstić information content (AvgIpc) is 2.58. The fourth-order valence-corrected chi connectivity index (χ4v) is 4.99. The Balaban J connectivity index is 1.81. The molecule has 1 saturated heterocycles. The van der Waals surface area contributed by atoms with Gasteiger partial charge in [0.2, 0.25) is 0 Å². The summed E-state index contributed by atoms with van der Waals surface area (Å²) in [5, 5.41) is 7.30. The smallest absolute Gasteiger partial charge is 0.308 e. The lowest BCUT2D eigenvalue weighted by Gasteiger charge is -2.50. The van der Waals surface area contributed by atoms with Crippen LogP contribution in [0.4, 0.5) is 0 Å². The molecular weight excluding hydrogens is 384 g/mol. The number of aryl methyl sites for hydroxylation is 1. The van der Waals surface area contributed by atoms with Crippen molar-refractivity contribution >= 4 is 23.3 Å². The van der Waals surface area contributed by atoms with Crippen molar-refractivity contribution in [3.8, 4) is 11.5 Å². The molecule has 1 fully saturated rings. The highest BCUT2D eigenvalue weighted by Crippen LogP contribution is 2.47. The fraction of sp³-hybridized carbons (Fsp3) is 0.391. The van der Waals surface area contributed by atoms with E-state index in [1.807, 2.05) is 12.1 Å². The van der Waals surface area contributed by atoms with E-state index in [-0.39, 0.29) is 17.4 Å². The molecule has 2 aliphatic heterocycles. The van der Waals surface area contributed by atoms with Crippen LogP contribution in [0.2, 0.25) is 0 Å². The Kier molecular flexibility index (Phi) is 4.77. The molecule has 0 aliphatic carbocycles. The molecule has 2 atom stereocenters. The summed E-state index contributed by atoms with van der Waals surface area (Å²) in [6.07, 6.45) is 1.49. The topological polar surface area (TPSA) is 59.6 Å². The van der Waals surface area contributed by atoms with Gasteiger partial charge in [-0.15, -0.1) is 0 Å². The quantitative estimate of drug-likeness (QED) is 0.440. The number of thiocarbonyl (C=S) groups is 1. The van der Waals surface area contributed by atoms with Crippen LogP contribution in [-0.2, 0) is 4.79 Å². The number of ether oxygens (including phenoxy) is 2. The molecule has 5 nitrogen and oxygen atoms in total. The van der Waals surface area contributed by atoms with E-state index in [1.54, 1.807) is 6.07 Å². The number of fused-ring (bicyclic) bond motifs is 1. The summed E-state index contributed by atoms with van der Waals surface area (Å²) >= 11 is 5.49. The summed E-state index contributed by atoms with van der Waals surface area (Å²) in [5.41, 5.74) is 2.70. The number of carbonyl (C=O) groups is 1. The van der Waals surface area contributed by atoms with Crippen molar-refractivity contribution in [1.29, 1.82) is 0 Å². The van der Waals surface area contributed by atoms with Crippen molar-refractivity contribution in [3.05, 3.63) is 59.2 Å². The largest absolute Gasteiger partial charge is 0.468 e. The normalized spacial score (nSPS) is 24.7. The third-order valence-electron chi connectivity index (χ3n) is 5.43. The third kappa shape index (κ3) is 4.08. The fourth-order valence-electron chi connectivity index (χ4n) is 4.53. The van der Waals surface area contributed by atoms with Gasteiger partial charge in [0.25, 0.3) is 0 Å². The van der Waals surface area contributed by atoms with Gasteiger partial charge in [-0.25, -0.2) is 0 Å². The lowest BCUT2D eigenvalue weighted by molar-refractivity contribution is -0.131. The maximum atomic E-state index is 11.4. The van der Waals surface area contributed by atoms with Gasteiger partial charge in [0.15, 0.2) is 10.8 Å². The molecule has 0 amide bonds. The highest BCUT2D eigenvalue weighted by Gasteiger charge is 2.48. The maximum Gasteiger partial charge on any atom is 0.308 e. The summed E-state index contributed by atoms with van der Waals surface area (Å²) in [4.78, 5) is 11.4. The number of nitrogens with one attached hydrogen (secondary N) is 2. The van der Waals surface area contributed by atoms with Crippen molar-refractivity contribution in [2.45, 2.75) is 57.7 Å². The monoisotopic (exact) mass is 410 g/mol. The van der Waals surface area contributed by atoms with Crippen molar-refractivity contribution in [3.63, 3.8) is 0 Å². The molecule has 1 spiro atoms. The van der Waals surface area contributed by atoms with Crippen LogP contribution < -0.4 is 20.1 Å². The van der Waals surface area contributed by atoms with E-state index in [0.29, 0.717) is 10.9 Å². The van der Waals surface area contributed by atoms with Crippen LogP contribution in [0.1, 0.15) is 56.2 Å². The van der Waals surface area contributed by atoms with E-state index in [0.717, 1.165) is 24.2 Å². The van der Waals surface area contributed by atoms with Crippen LogP contribution in [0.25, 0.3) is 0 Å². The van der Waals surface area contributed by atoms with Crippen LogP contribution in [0, 0.1) is 6.92 Å². The molecule has 2 N–H and O–H groups in total. The highest BCUT2D eigenvalue weighted by atomic mass is 32.1. The zero-order valence-electron chi connectivity index (χ0n) is 17.2. The summed E-state index contributed by atoms with van der Waals surface area (Å²) < 4.78 is 11.8. The number of benzene rings is 2. The lowest BCUT2D eigenvalue weighted by atomic mass is 9.77. The molecule has 29 heavy (non-hydrogen) atoms. The summed E-state index contributed by atoms with van der Waals surface area (Å²) in [5.74, 6) is 0.976. The molecule has 6 heteroatoms. The summed E-state index contributed by atoms with van der Waals surface area (Å²) in [6, 6.07) is 14.2. The minimum atomic E-state index is -0.637. The first kappa shape index (κ1) is 19.7. The third-order valence-corrected chi connectivity index (χ3v) is 5.63. The predicted octanol–water partition coefficient (Wildman–Crippen LogP) is 4.18. The minimum Gasteiger partial charge on any atom is -0.468 e. The molecule has 152 valence electrons. The molecule has 0 bridgehead atoms. The van der Waals surface area contributed by atoms with E-state index < -0.39 is 5.72 Å². The van der Waals surface area contributed by atoms with E-state index in [2.05, 4.69) is 55.7 Å². The molecule has 2 aromatic rings. The van der Waals surface area contributed by atoms with Crippen molar-refractivity contribution in [2.24, 2.45) is 0 Å². The van der Waals surface area contributed by atoms with Crippen molar-refractivity contribution in [1.82, 2.24) is 10.6 Å². The molecule has 0 saturated carbocycles. The average molecular weight is 411 g/mol. The standard InChI is InChI=1S/C23H26N2O3S/c1-14-6-5-7-16(10-14)19-12-23(13-22(3,4)24-21(29)25-23)28-20-11-17(27-15(2)26)8-9-18(19)20/h5-11,19H,12-13H2,1-4H3,(H2,24,25,29). The Labute approximate surface area is 176 Å². The SMILES string of the molecule is CC(=O)Oc1ccc2c(c1)OC1(CC2c2cccc(C)c2)CC(C)(C)NC(=S)N1. The van der Waals surface area contributed by atoms with Gasteiger partial charge in [-0.05, 0) is 44.6 Å². The summed E-state index contributed by atoms with van der Waals surface area (Å²) in [7, 11) is 0. The van der Waals surface area contributed by atoms with E-state index in [9.17, 15) is 4.79 Å². The number of carbonyl (C=O) groups excluding carboxylic acids is 1. The van der Waals surface area contributed by atoms with Gasteiger partial charge in [-0.2, -0.15) is 0 Å². The number of esters is 1. The Bertz CT molecular complexity index is 988. The second kappa shape index (κ2) is 7.02. The molecule has 0 radical (unpaired) electrons. The molecule has 2 heterocycles. The Hall–Kier alpha value is -2.60. The first-order valence-corrected chi connectivity index (χ1v) is 10.2. The van der Waals surface area contributed by atoms with Gasteiger partial charge < -0.3 is 20.1 Å². The van der Waals surface area contributed by atoms with Crippen LogP contribution in [0.5, 0.6) is 11.5 Å². The second-order valence-corrected chi connectivity index (χ2v) is 9.11. The highest BCUT2D eigenvalue weighted by molar-refractivity contribution is 7.80. The van der Waals surface area contributed by atoms with Crippen molar-refractivity contribution in [2.75, 3.05) is 0 Å². The molecule has 4 rings (SSSR count). The van der Waals surface area contributed by atoms with E-state index >= 15 is 0 Å². The Morgan fingerprint density at radius 1 is 1.21 bits per heavy atom. The van der Waals surface area contributed by atoms with Gasteiger partial charge in [-0.1, -0.05) is 35.9 Å².